The molecule has 300 valence electrons. The quantitative estimate of drug-likeness (QED) is 0.0646. The van der Waals surface area contributed by atoms with Crippen LogP contribution in [0.5, 0.6) is 0 Å². The Bertz CT molecular complexity index is 1170. The van der Waals surface area contributed by atoms with Gasteiger partial charge >= 0.3 is 5.97 Å². The summed E-state index contributed by atoms with van der Waals surface area (Å²) in [4.78, 5) is 26.9. The highest BCUT2D eigenvalue weighted by atomic mass is 16.5. The van der Waals surface area contributed by atoms with Crippen LogP contribution in [0.3, 0.4) is 0 Å². The van der Waals surface area contributed by atoms with E-state index in [-0.39, 0.29) is 47.9 Å². The van der Waals surface area contributed by atoms with E-state index in [2.05, 4.69) is 27.7 Å². The molecule has 0 amide bonds. The van der Waals surface area contributed by atoms with Gasteiger partial charge in [-0.25, -0.2) is 0 Å². The second-order valence-electron chi connectivity index (χ2n) is 19.1. The molecule has 0 saturated heterocycles. The second kappa shape index (κ2) is 19.0. The second-order valence-corrected chi connectivity index (χ2v) is 19.1. The van der Waals surface area contributed by atoms with Crippen molar-refractivity contribution in [2.24, 2.45) is 34.5 Å². The maximum absolute atomic E-state index is 13.6. The molecule has 7 heteroatoms. The highest BCUT2D eigenvalue weighted by Crippen LogP contribution is 2.68. The summed E-state index contributed by atoms with van der Waals surface area (Å²) in [6.07, 6.45) is 23.8. The first-order valence-electron chi connectivity index (χ1n) is 21.8. The third-order valence-electron chi connectivity index (χ3n) is 14.7. The van der Waals surface area contributed by atoms with Crippen LogP contribution in [0.15, 0.2) is 11.6 Å². The first kappa shape index (κ1) is 43.4. The van der Waals surface area contributed by atoms with E-state index >= 15 is 0 Å². The molecule has 0 aromatic rings. The third-order valence-corrected chi connectivity index (χ3v) is 14.7. The van der Waals surface area contributed by atoms with Gasteiger partial charge in [-0.2, -0.15) is 0 Å². The summed E-state index contributed by atoms with van der Waals surface area (Å²) in [5, 5.41) is 44.4. The van der Waals surface area contributed by atoms with Crippen molar-refractivity contribution in [1.82, 2.24) is 0 Å². The van der Waals surface area contributed by atoms with Gasteiger partial charge in [0.2, 0.25) is 0 Å². The van der Waals surface area contributed by atoms with Crippen molar-refractivity contribution in [3.8, 4) is 0 Å². The molecule has 4 aliphatic carbocycles. The molecule has 4 rings (SSSR count). The average molecular weight is 731 g/mol. The van der Waals surface area contributed by atoms with Gasteiger partial charge in [0, 0.05) is 17.8 Å². The number of ether oxygens (including phenoxy) is 1. The fraction of sp³-hybridized carbons (Fsp3) is 0.911. The maximum atomic E-state index is 13.6. The summed E-state index contributed by atoms with van der Waals surface area (Å²) < 4.78 is 6.28. The van der Waals surface area contributed by atoms with Crippen molar-refractivity contribution in [2.45, 2.75) is 225 Å². The van der Waals surface area contributed by atoms with Gasteiger partial charge in [0.05, 0.1) is 23.4 Å². The Morgan fingerprint density at radius 3 is 1.98 bits per heavy atom. The van der Waals surface area contributed by atoms with Gasteiger partial charge in [-0.15, -0.1) is 0 Å². The molecule has 0 aliphatic heterocycles. The molecule has 3 fully saturated rings. The highest BCUT2D eigenvalue weighted by molar-refractivity contribution is 5.95. The number of rotatable bonds is 22. The number of carbonyl (C=O) groups excluding carboxylic acids is 2. The minimum Gasteiger partial charge on any atom is -0.462 e. The minimum atomic E-state index is -1.15. The first-order chi connectivity index (χ1) is 24.6. The Balaban J connectivity index is 1.28. The van der Waals surface area contributed by atoms with Crippen molar-refractivity contribution in [3.63, 3.8) is 0 Å². The van der Waals surface area contributed by atoms with E-state index in [1.165, 1.54) is 77.0 Å². The lowest BCUT2D eigenvalue weighted by molar-refractivity contribution is -0.162. The molecule has 0 spiro atoms. The van der Waals surface area contributed by atoms with E-state index in [1.807, 2.05) is 0 Å². The predicted molar refractivity (Wildman–Crippen MR) is 209 cm³/mol. The first-order valence-corrected chi connectivity index (χ1v) is 21.8. The number of hydrogen-bond donors (Lipinski definition) is 4. The highest BCUT2D eigenvalue weighted by Gasteiger charge is 2.67. The molecule has 4 N–H and O–H groups in total. The molecule has 3 saturated carbocycles. The van der Waals surface area contributed by atoms with Gasteiger partial charge < -0.3 is 25.2 Å². The molecule has 0 radical (unpaired) electrons. The minimum absolute atomic E-state index is 0.0248. The van der Waals surface area contributed by atoms with Gasteiger partial charge in [0.15, 0.2) is 5.78 Å². The molecular weight excluding hydrogens is 652 g/mol. The summed E-state index contributed by atoms with van der Waals surface area (Å²) in [6, 6.07) is 0. The molecular formula is C45H78O7. The number of aliphatic hydroxyl groups excluding tert-OH is 2. The normalized spacial score (nSPS) is 34.2. The number of esters is 1. The number of ketones is 1. The smallest absolute Gasteiger partial charge is 0.306 e. The molecule has 10 atom stereocenters. The van der Waals surface area contributed by atoms with Crippen molar-refractivity contribution < 1.29 is 34.8 Å². The predicted octanol–water partition coefficient (Wildman–Crippen LogP) is 9.55. The summed E-state index contributed by atoms with van der Waals surface area (Å²) in [5.74, 6) is -0.532. The van der Waals surface area contributed by atoms with Crippen LogP contribution in [0, 0.1) is 34.5 Å². The van der Waals surface area contributed by atoms with Crippen LogP contribution >= 0.6 is 0 Å². The van der Waals surface area contributed by atoms with E-state index in [1.54, 1.807) is 19.9 Å². The Labute approximate surface area is 317 Å². The number of hydrogen-bond acceptors (Lipinski definition) is 7. The zero-order valence-electron chi connectivity index (χ0n) is 34.1. The number of fused-ring (bicyclic) bond motifs is 5. The third kappa shape index (κ3) is 10.3. The molecule has 7 nitrogen and oxygen atoms in total. The Morgan fingerprint density at radius 2 is 1.42 bits per heavy atom. The van der Waals surface area contributed by atoms with Crippen LogP contribution in [0.25, 0.3) is 0 Å². The molecule has 0 heterocycles. The zero-order valence-corrected chi connectivity index (χ0v) is 34.1. The molecule has 0 aromatic heterocycles. The lowest BCUT2D eigenvalue weighted by atomic mass is 9.46. The van der Waals surface area contributed by atoms with E-state index < -0.39 is 34.2 Å². The van der Waals surface area contributed by atoms with Crippen LogP contribution < -0.4 is 0 Å². The maximum Gasteiger partial charge on any atom is 0.306 e. The largest absolute Gasteiger partial charge is 0.462 e. The summed E-state index contributed by atoms with van der Waals surface area (Å²) in [7, 11) is 0. The molecule has 4 aliphatic rings. The molecule has 52 heavy (non-hydrogen) atoms. The van der Waals surface area contributed by atoms with Crippen molar-refractivity contribution in [1.29, 1.82) is 0 Å². The van der Waals surface area contributed by atoms with Crippen LogP contribution in [0.2, 0.25) is 0 Å². The molecule has 0 bridgehead atoms. The summed E-state index contributed by atoms with van der Waals surface area (Å²) in [6.45, 7) is 12.3. The van der Waals surface area contributed by atoms with Crippen LogP contribution in [0.1, 0.15) is 196 Å². The fourth-order valence-electron chi connectivity index (χ4n) is 11.3. The Morgan fingerprint density at radius 1 is 0.865 bits per heavy atom. The number of carbonyl (C=O) groups is 2. The summed E-state index contributed by atoms with van der Waals surface area (Å²) >= 11 is 0. The van der Waals surface area contributed by atoms with Gasteiger partial charge in [0.25, 0.3) is 0 Å². The van der Waals surface area contributed by atoms with Crippen LogP contribution in [0.4, 0.5) is 0 Å². The van der Waals surface area contributed by atoms with Crippen molar-refractivity contribution >= 4 is 11.8 Å². The van der Waals surface area contributed by atoms with Crippen LogP contribution in [-0.2, 0) is 14.3 Å². The zero-order chi connectivity index (χ0) is 38.2. The Hall–Kier alpha value is -1.28. The number of unbranched alkanes of at least 4 members (excludes halogenated alkanes) is 14. The standard InChI is InChI=1S/C45H78O7/c1-7-8-9-10-11-12-13-14-15-16-17-18-19-20-21-22-41(49)52-40(25-26-42(3,4)50)32(2)33-24-28-45(51)35-29-37(46)36-30-38(47)39(48)31-43(36,5)34(35)23-27-44(33,45)6/h29,32-34,36,38-40,47-48,50-51H,7-28,30-31H2,1-6H3/t32-,33+,34-,36-,38+,39-,40+,43+,44+,45+/m0/s1. The van der Waals surface area contributed by atoms with E-state index in [9.17, 15) is 30.0 Å². The fourth-order valence-corrected chi connectivity index (χ4v) is 11.3. The average Bonchev–Trinajstić information content (AvgIpc) is 3.36. The van der Waals surface area contributed by atoms with E-state index in [4.69, 9.17) is 4.74 Å². The van der Waals surface area contributed by atoms with Crippen LogP contribution in [-0.4, -0.2) is 61.7 Å². The summed E-state index contributed by atoms with van der Waals surface area (Å²) in [5.41, 5.74) is -2.22. The SMILES string of the molecule is CCCCCCCCCCCCCCCCCC(=O)O[C@H](CCC(C)(C)O)[C@@H](C)[C@H]1CC[C@@]2(O)C3=CC(=O)[C@@H]4C[C@@H](O)[C@@H](O)C[C@]4(C)[C@H]3CC[C@]12C. The number of allylic oxidation sites excluding steroid dienone is 1. The lowest BCUT2D eigenvalue weighted by Crippen LogP contribution is -2.61. The van der Waals surface area contributed by atoms with E-state index in [0.29, 0.717) is 32.1 Å². The lowest BCUT2D eigenvalue weighted by Gasteiger charge is -2.60. The topological polar surface area (TPSA) is 124 Å². The number of aliphatic hydroxyl groups is 4. The Kier molecular flexibility index (Phi) is 15.9. The molecule has 0 unspecified atom stereocenters. The van der Waals surface area contributed by atoms with Crippen molar-refractivity contribution in [2.75, 3.05) is 0 Å². The molecule has 0 aromatic carbocycles. The van der Waals surface area contributed by atoms with E-state index in [0.717, 1.165) is 44.1 Å². The van der Waals surface area contributed by atoms with Gasteiger partial charge in [0.1, 0.15) is 6.10 Å². The van der Waals surface area contributed by atoms with Gasteiger partial charge in [-0.3, -0.25) is 9.59 Å². The van der Waals surface area contributed by atoms with Crippen molar-refractivity contribution in [3.05, 3.63) is 11.6 Å². The monoisotopic (exact) mass is 731 g/mol. The van der Waals surface area contributed by atoms with Gasteiger partial charge in [-0.05, 0) is 106 Å². The van der Waals surface area contributed by atoms with Gasteiger partial charge in [-0.1, -0.05) is 118 Å².